The number of anilines is 1. The van der Waals surface area contributed by atoms with Gasteiger partial charge in [-0.3, -0.25) is 15.0 Å². The van der Waals surface area contributed by atoms with E-state index in [2.05, 4.69) is 34.3 Å². The van der Waals surface area contributed by atoms with Gasteiger partial charge in [-0.15, -0.1) is 0 Å². The summed E-state index contributed by atoms with van der Waals surface area (Å²) in [5.41, 5.74) is 0.668. The molecule has 1 fully saturated rings. The number of carbonyl (C=O) groups excluding carboxylic acids is 2. The highest BCUT2D eigenvalue weighted by Crippen LogP contribution is 2.07. The van der Waals surface area contributed by atoms with E-state index in [-0.39, 0.29) is 12.5 Å². The number of piperazine rings is 1. The van der Waals surface area contributed by atoms with Crippen LogP contribution in [0.1, 0.15) is 20.3 Å². The second kappa shape index (κ2) is 9.39. The van der Waals surface area contributed by atoms with Crippen molar-refractivity contribution in [3.8, 4) is 0 Å². The average Bonchev–Trinajstić information content (AvgIpc) is 2.54. The Hall–Kier alpha value is -1.92. The molecule has 0 aliphatic carbocycles. The maximum absolute atomic E-state index is 12.0. The minimum atomic E-state index is -0.484. The standard InChI is InChI=1S/C18H28N4O2/c1-15(2)8-9-21-10-12-22(13-11-21)14-17(23)20-18(24)19-16-6-4-3-5-7-16/h3-7,15H,8-14H2,1-2H3,(H2,19,20,23,24). The molecular formula is C18H28N4O2. The normalized spacial score (nSPS) is 16.1. The molecule has 0 radical (unpaired) electrons. The lowest BCUT2D eigenvalue weighted by atomic mass is 10.1. The van der Waals surface area contributed by atoms with Gasteiger partial charge in [0.2, 0.25) is 5.91 Å². The summed E-state index contributed by atoms with van der Waals surface area (Å²) in [6.45, 7) is 9.56. The Bertz CT molecular complexity index is 525. The van der Waals surface area contributed by atoms with Crippen molar-refractivity contribution >= 4 is 17.6 Å². The molecule has 0 bridgehead atoms. The molecule has 0 saturated carbocycles. The van der Waals surface area contributed by atoms with Gasteiger partial charge in [-0.2, -0.15) is 0 Å². The molecule has 0 unspecified atom stereocenters. The van der Waals surface area contributed by atoms with Crippen LogP contribution in [0.25, 0.3) is 0 Å². The van der Waals surface area contributed by atoms with Crippen LogP contribution in [0.2, 0.25) is 0 Å². The van der Waals surface area contributed by atoms with Crippen molar-refractivity contribution in [2.45, 2.75) is 20.3 Å². The van der Waals surface area contributed by atoms with Gasteiger partial charge >= 0.3 is 6.03 Å². The lowest BCUT2D eigenvalue weighted by molar-refractivity contribution is -0.121. The fourth-order valence-electron chi connectivity index (χ4n) is 2.66. The van der Waals surface area contributed by atoms with E-state index in [1.54, 1.807) is 12.1 Å². The van der Waals surface area contributed by atoms with Gasteiger partial charge < -0.3 is 10.2 Å². The molecular weight excluding hydrogens is 304 g/mol. The predicted octanol–water partition coefficient (Wildman–Crippen LogP) is 2.00. The smallest absolute Gasteiger partial charge is 0.308 e. The van der Waals surface area contributed by atoms with Crippen molar-refractivity contribution in [2.24, 2.45) is 5.92 Å². The topological polar surface area (TPSA) is 64.7 Å². The number of nitrogens with one attached hydrogen (secondary N) is 2. The molecule has 6 heteroatoms. The lowest BCUT2D eigenvalue weighted by Crippen LogP contribution is -2.50. The van der Waals surface area contributed by atoms with E-state index in [4.69, 9.17) is 0 Å². The zero-order chi connectivity index (χ0) is 17.4. The van der Waals surface area contributed by atoms with E-state index >= 15 is 0 Å². The van der Waals surface area contributed by atoms with Gasteiger partial charge in [0.15, 0.2) is 0 Å². The van der Waals surface area contributed by atoms with Gasteiger partial charge in [-0.25, -0.2) is 4.79 Å². The first kappa shape index (κ1) is 18.4. The Kier molecular flexibility index (Phi) is 7.21. The number of hydrogen-bond acceptors (Lipinski definition) is 4. The molecule has 0 spiro atoms. The Labute approximate surface area is 144 Å². The summed E-state index contributed by atoms with van der Waals surface area (Å²) in [6, 6.07) is 8.60. The first-order valence-electron chi connectivity index (χ1n) is 8.63. The molecule has 0 atom stereocenters. The second-order valence-electron chi connectivity index (χ2n) is 6.67. The van der Waals surface area contributed by atoms with Crippen molar-refractivity contribution in [1.29, 1.82) is 0 Å². The van der Waals surface area contributed by atoms with Crippen molar-refractivity contribution < 1.29 is 9.59 Å². The van der Waals surface area contributed by atoms with E-state index in [0.717, 1.165) is 38.6 Å². The fraction of sp³-hybridized carbons (Fsp3) is 0.556. The summed E-state index contributed by atoms with van der Waals surface area (Å²) in [5, 5.41) is 5.03. The van der Waals surface area contributed by atoms with Crippen molar-refractivity contribution in [1.82, 2.24) is 15.1 Å². The third-order valence-corrected chi connectivity index (χ3v) is 4.14. The molecule has 2 rings (SSSR count). The summed E-state index contributed by atoms with van der Waals surface area (Å²) in [7, 11) is 0. The minimum Gasteiger partial charge on any atom is -0.308 e. The Morgan fingerprint density at radius 1 is 1.04 bits per heavy atom. The summed E-state index contributed by atoms with van der Waals surface area (Å²) in [6.07, 6.45) is 1.21. The van der Waals surface area contributed by atoms with Gasteiger partial charge in [0, 0.05) is 31.9 Å². The molecule has 1 aromatic rings. The molecule has 6 nitrogen and oxygen atoms in total. The second-order valence-corrected chi connectivity index (χ2v) is 6.67. The highest BCUT2D eigenvalue weighted by atomic mass is 16.2. The number of hydrogen-bond donors (Lipinski definition) is 2. The Morgan fingerprint density at radius 2 is 1.67 bits per heavy atom. The molecule has 1 aromatic carbocycles. The number of urea groups is 1. The molecule has 1 aliphatic rings. The third kappa shape index (κ3) is 6.68. The number of nitrogens with zero attached hydrogens (tertiary/aromatic N) is 2. The van der Waals surface area contributed by atoms with Crippen LogP contribution in [0, 0.1) is 5.92 Å². The first-order chi connectivity index (χ1) is 11.5. The van der Waals surface area contributed by atoms with E-state index in [1.807, 2.05) is 18.2 Å². The van der Waals surface area contributed by atoms with Crippen LogP contribution in [-0.2, 0) is 4.79 Å². The van der Waals surface area contributed by atoms with E-state index in [0.29, 0.717) is 5.69 Å². The number of carbonyl (C=O) groups is 2. The quantitative estimate of drug-likeness (QED) is 0.836. The third-order valence-electron chi connectivity index (χ3n) is 4.14. The van der Waals surface area contributed by atoms with Crippen LogP contribution < -0.4 is 10.6 Å². The van der Waals surface area contributed by atoms with Gasteiger partial charge in [0.25, 0.3) is 0 Å². The molecule has 1 aliphatic heterocycles. The number of imide groups is 1. The molecule has 0 aromatic heterocycles. The van der Waals surface area contributed by atoms with Gasteiger partial charge in [-0.1, -0.05) is 32.0 Å². The van der Waals surface area contributed by atoms with Crippen LogP contribution in [-0.4, -0.2) is 61.0 Å². The lowest BCUT2D eigenvalue weighted by Gasteiger charge is -2.34. The molecule has 132 valence electrons. The highest BCUT2D eigenvalue weighted by molar-refractivity contribution is 6.01. The molecule has 1 saturated heterocycles. The van der Waals surface area contributed by atoms with Crippen molar-refractivity contribution in [3.05, 3.63) is 30.3 Å². The molecule has 24 heavy (non-hydrogen) atoms. The van der Waals surface area contributed by atoms with Crippen molar-refractivity contribution in [3.63, 3.8) is 0 Å². The van der Waals surface area contributed by atoms with Crippen molar-refractivity contribution in [2.75, 3.05) is 44.6 Å². The zero-order valence-corrected chi connectivity index (χ0v) is 14.6. The van der Waals surface area contributed by atoms with Gasteiger partial charge in [0.05, 0.1) is 6.54 Å². The summed E-state index contributed by atoms with van der Waals surface area (Å²) < 4.78 is 0. The maximum Gasteiger partial charge on any atom is 0.325 e. The zero-order valence-electron chi connectivity index (χ0n) is 14.6. The average molecular weight is 332 g/mol. The SMILES string of the molecule is CC(C)CCN1CCN(CC(=O)NC(=O)Nc2ccccc2)CC1. The van der Waals surface area contributed by atoms with E-state index in [9.17, 15) is 9.59 Å². The molecule has 3 amide bonds. The van der Waals surface area contributed by atoms with Crippen LogP contribution in [0.15, 0.2) is 30.3 Å². The predicted molar refractivity (Wildman–Crippen MR) is 95.9 cm³/mol. The number of rotatable bonds is 6. The number of amides is 3. The Morgan fingerprint density at radius 3 is 2.29 bits per heavy atom. The van der Waals surface area contributed by atoms with E-state index < -0.39 is 6.03 Å². The highest BCUT2D eigenvalue weighted by Gasteiger charge is 2.19. The number of benzene rings is 1. The largest absolute Gasteiger partial charge is 0.325 e. The van der Waals surface area contributed by atoms with E-state index in [1.165, 1.54) is 6.42 Å². The van der Waals surface area contributed by atoms with Gasteiger partial charge in [-0.05, 0) is 31.0 Å². The maximum atomic E-state index is 12.0. The monoisotopic (exact) mass is 332 g/mol. The van der Waals surface area contributed by atoms with Crippen LogP contribution in [0.5, 0.6) is 0 Å². The van der Waals surface area contributed by atoms with Crippen LogP contribution in [0.3, 0.4) is 0 Å². The molecule has 1 heterocycles. The summed E-state index contributed by atoms with van der Waals surface area (Å²) in [4.78, 5) is 28.3. The first-order valence-corrected chi connectivity index (χ1v) is 8.63. The van der Waals surface area contributed by atoms with Gasteiger partial charge in [0.1, 0.15) is 0 Å². The Balaban J connectivity index is 1.65. The minimum absolute atomic E-state index is 0.264. The molecule has 2 N–H and O–H groups in total. The number of para-hydroxylation sites is 1. The summed E-state index contributed by atoms with van der Waals surface area (Å²) in [5.74, 6) is 0.455. The van der Waals surface area contributed by atoms with Crippen LogP contribution >= 0.6 is 0 Å². The summed E-state index contributed by atoms with van der Waals surface area (Å²) >= 11 is 0. The fourth-order valence-corrected chi connectivity index (χ4v) is 2.66. The van der Waals surface area contributed by atoms with Crippen LogP contribution in [0.4, 0.5) is 10.5 Å².